The van der Waals surface area contributed by atoms with Gasteiger partial charge < -0.3 is 4.57 Å². The first-order valence-electron chi connectivity index (χ1n) is 8.07. The van der Waals surface area contributed by atoms with Crippen LogP contribution in [0.5, 0.6) is 0 Å². The highest BCUT2D eigenvalue weighted by Crippen LogP contribution is 2.33. The molecular formula is C19H18ClN3. The normalized spacial score (nSPS) is 15.2. The van der Waals surface area contributed by atoms with E-state index in [1.54, 1.807) is 0 Å². The lowest BCUT2D eigenvalue weighted by Gasteiger charge is -2.13. The van der Waals surface area contributed by atoms with Crippen LogP contribution in [-0.2, 0) is 0 Å². The summed E-state index contributed by atoms with van der Waals surface area (Å²) in [6.07, 6.45) is 6.94. The van der Waals surface area contributed by atoms with Gasteiger partial charge >= 0.3 is 0 Å². The zero-order chi connectivity index (χ0) is 15.6. The molecule has 0 aliphatic heterocycles. The van der Waals surface area contributed by atoms with Crippen LogP contribution in [-0.4, -0.2) is 14.8 Å². The maximum atomic E-state index is 5.95. The van der Waals surface area contributed by atoms with Crippen LogP contribution >= 0.6 is 11.6 Å². The minimum atomic E-state index is 0.552. The second kappa shape index (κ2) is 6.17. The Bertz CT molecular complexity index is 784. The van der Waals surface area contributed by atoms with Crippen LogP contribution in [0.1, 0.15) is 31.7 Å². The van der Waals surface area contributed by atoms with Gasteiger partial charge in [0.15, 0.2) is 5.82 Å². The molecule has 1 aliphatic rings. The molecule has 1 saturated carbocycles. The van der Waals surface area contributed by atoms with Crippen molar-refractivity contribution in [3.05, 3.63) is 59.9 Å². The van der Waals surface area contributed by atoms with E-state index in [0.717, 1.165) is 16.4 Å². The first-order chi connectivity index (χ1) is 11.3. The van der Waals surface area contributed by atoms with Gasteiger partial charge in [0, 0.05) is 16.6 Å². The summed E-state index contributed by atoms with van der Waals surface area (Å²) in [5.74, 6) is 0.972. The Morgan fingerprint density at radius 1 is 0.826 bits per heavy atom. The number of hydrogen-bond donors (Lipinski definition) is 0. The van der Waals surface area contributed by atoms with Crippen molar-refractivity contribution in [2.75, 3.05) is 0 Å². The summed E-state index contributed by atoms with van der Waals surface area (Å²) in [7, 11) is 0. The number of hydrogen-bond acceptors (Lipinski definition) is 2. The largest absolute Gasteiger partial charge is 0.310 e. The van der Waals surface area contributed by atoms with Crippen molar-refractivity contribution in [1.82, 2.24) is 14.8 Å². The third-order valence-electron chi connectivity index (χ3n) is 4.61. The molecule has 0 atom stereocenters. The molecule has 2 aromatic carbocycles. The smallest absolute Gasteiger partial charge is 0.164 e. The molecule has 1 heterocycles. The fourth-order valence-electron chi connectivity index (χ4n) is 3.35. The van der Waals surface area contributed by atoms with Gasteiger partial charge in [-0.3, -0.25) is 0 Å². The molecule has 1 aliphatic carbocycles. The first kappa shape index (κ1) is 14.5. The van der Waals surface area contributed by atoms with Crippen molar-refractivity contribution >= 4 is 11.6 Å². The van der Waals surface area contributed by atoms with Crippen molar-refractivity contribution in [2.24, 2.45) is 0 Å². The minimum Gasteiger partial charge on any atom is -0.310 e. The van der Waals surface area contributed by atoms with Gasteiger partial charge in [-0.2, -0.15) is 0 Å². The lowest BCUT2D eigenvalue weighted by molar-refractivity contribution is 0.522. The van der Waals surface area contributed by atoms with Gasteiger partial charge in [0.1, 0.15) is 6.33 Å². The Hall–Kier alpha value is -2.13. The topological polar surface area (TPSA) is 30.7 Å². The monoisotopic (exact) mass is 323 g/mol. The number of nitrogens with zero attached hydrogens (tertiary/aromatic N) is 3. The van der Waals surface area contributed by atoms with E-state index in [1.165, 1.54) is 36.8 Å². The average Bonchev–Trinajstić information content (AvgIpc) is 3.27. The zero-order valence-corrected chi connectivity index (χ0v) is 13.6. The molecular weight excluding hydrogens is 306 g/mol. The molecule has 3 aromatic rings. The SMILES string of the molecule is Clc1ccc(-c2ccc(-c3nncn3C3CCCC3)cc2)cc1. The first-order valence-corrected chi connectivity index (χ1v) is 8.45. The van der Waals surface area contributed by atoms with Gasteiger partial charge in [-0.15, -0.1) is 10.2 Å². The Balaban J connectivity index is 1.64. The molecule has 1 fully saturated rings. The molecule has 4 heteroatoms. The van der Waals surface area contributed by atoms with E-state index in [9.17, 15) is 0 Å². The summed E-state index contributed by atoms with van der Waals surface area (Å²) >= 11 is 5.95. The number of halogens is 1. The van der Waals surface area contributed by atoms with Gasteiger partial charge in [0.2, 0.25) is 0 Å². The summed E-state index contributed by atoms with van der Waals surface area (Å²) in [6.45, 7) is 0. The van der Waals surface area contributed by atoms with E-state index in [4.69, 9.17) is 11.6 Å². The summed E-state index contributed by atoms with van der Waals surface area (Å²) < 4.78 is 2.24. The number of benzene rings is 2. The molecule has 0 N–H and O–H groups in total. The van der Waals surface area contributed by atoms with Crippen molar-refractivity contribution in [3.63, 3.8) is 0 Å². The second-order valence-electron chi connectivity index (χ2n) is 6.08. The summed E-state index contributed by atoms with van der Waals surface area (Å²) in [5, 5.41) is 9.23. The van der Waals surface area contributed by atoms with Gasteiger partial charge in [-0.05, 0) is 36.1 Å². The van der Waals surface area contributed by atoms with Gasteiger partial charge in [0.25, 0.3) is 0 Å². The highest BCUT2D eigenvalue weighted by atomic mass is 35.5. The lowest BCUT2D eigenvalue weighted by Crippen LogP contribution is -2.05. The van der Waals surface area contributed by atoms with E-state index < -0.39 is 0 Å². The fourth-order valence-corrected chi connectivity index (χ4v) is 3.48. The molecule has 0 bridgehead atoms. The van der Waals surface area contributed by atoms with Crippen LogP contribution in [0.2, 0.25) is 5.02 Å². The molecule has 116 valence electrons. The quantitative estimate of drug-likeness (QED) is 0.647. The molecule has 0 radical (unpaired) electrons. The molecule has 0 amide bonds. The Labute approximate surface area is 140 Å². The molecule has 0 saturated heterocycles. The predicted octanol–water partition coefficient (Wildman–Crippen LogP) is 5.38. The second-order valence-corrected chi connectivity index (χ2v) is 6.52. The molecule has 0 spiro atoms. The maximum Gasteiger partial charge on any atom is 0.164 e. The highest BCUT2D eigenvalue weighted by molar-refractivity contribution is 6.30. The lowest BCUT2D eigenvalue weighted by atomic mass is 10.0. The van der Waals surface area contributed by atoms with Crippen molar-refractivity contribution in [2.45, 2.75) is 31.7 Å². The van der Waals surface area contributed by atoms with Crippen LogP contribution in [0, 0.1) is 0 Å². The van der Waals surface area contributed by atoms with E-state index in [1.807, 2.05) is 30.6 Å². The molecule has 0 unspecified atom stereocenters. The molecule has 23 heavy (non-hydrogen) atoms. The summed E-state index contributed by atoms with van der Waals surface area (Å²) in [4.78, 5) is 0. The number of rotatable bonds is 3. The Morgan fingerprint density at radius 3 is 2.04 bits per heavy atom. The molecule has 3 nitrogen and oxygen atoms in total. The fraction of sp³-hybridized carbons (Fsp3) is 0.263. The van der Waals surface area contributed by atoms with Crippen LogP contribution in [0.25, 0.3) is 22.5 Å². The van der Waals surface area contributed by atoms with E-state index >= 15 is 0 Å². The van der Waals surface area contributed by atoms with Gasteiger partial charge in [0.05, 0.1) is 0 Å². The van der Waals surface area contributed by atoms with E-state index in [0.29, 0.717) is 6.04 Å². The summed E-state index contributed by atoms with van der Waals surface area (Å²) in [6, 6.07) is 17.0. The highest BCUT2D eigenvalue weighted by Gasteiger charge is 2.20. The zero-order valence-electron chi connectivity index (χ0n) is 12.8. The molecule has 4 rings (SSSR count). The van der Waals surface area contributed by atoms with Gasteiger partial charge in [-0.1, -0.05) is 60.8 Å². The van der Waals surface area contributed by atoms with Crippen LogP contribution in [0.15, 0.2) is 54.9 Å². The maximum absolute atomic E-state index is 5.95. The Kier molecular flexibility index (Phi) is 3.88. The third-order valence-corrected chi connectivity index (χ3v) is 4.86. The molecule has 1 aromatic heterocycles. The van der Waals surface area contributed by atoms with E-state index in [2.05, 4.69) is 39.0 Å². The predicted molar refractivity (Wildman–Crippen MR) is 93.4 cm³/mol. The summed E-state index contributed by atoms with van der Waals surface area (Å²) in [5.41, 5.74) is 3.46. The standard InChI is InChI=1S/C19H18ClN3/c20-17-11-9-15(10-12-17)14-5-7-16(8-6-14)19-22-21-13-23(19)18-3-1-2-4-18/h5-13,18H,1-4H2. The Morgan fingerprint density at radius 2 is 1.39 bits per heavy atom. The van der Waals surface area contributed by atoms with Crippen LogP contribution in [0.3, 0.4) is 0 Å². The van der Waals surface area contributed by atoms with Gasteiger partial charge in [-0.25, -0.2) is 0 Å². The number of aromatic nitrogens is 3. The van der Waals surface area contributed by atoms with Crippen LogP contribution < -0.4 is 0 Å². The minimum absolute atomic E-state index is 0.552. The average molecular weight is 324 g/mol. The van der Waals surface area contributed by atoms with Crippen LogP contribution in [0.4, 0.5) is 0 Å². The van der Waals surface area contributed by atoms with Crippen molar-refractivity contribution in [3.8, 4) is 22.5 Å². The van der Waals surface area contributed by atoms with Crippen molar-refractivity contribution < 1.29 is 0 Å². The van der Waals surface area contributed by atoms with E-state index in [-0.39, 0.29) is 0 Å². The third kappa shape index (κ3) is 2.89. The van der Waals surface area contributed by atoms with Crippen molar-refractivity contribution in [1.29, 1.82) is 0 Å².